The summed E-state index contributed by atoms with van der Waals surface area (Å²) in [5.41, 5.74) is 1.85. The number of nitrogens with zero attached hydrogens (tertiary/aromatic N) is 1. The maximum Gasteiger partial charge on any atom is 0.323 e. The van der Waals surface area contributed by atoms with Gasteiger partial charge in [-0.3, -0.25) is 15.0 Å². The summed E-state index contributed by atoms with van der Waals surface area (Å²) < 4.78 is 0. The molecule has 1 rings (SSSR count). The molecule has 0 spiro atoms. The Morgan fingerprint density at radius 1 is 1.46 bits per heavy atom. The van der Waals surface area contributed by atoms with Crippen molar-refractivity contribution in [1.82, 2.24) is 10.3 Å². The number of nitrogens with two attached hydrogens (primary N) is 1. The van der Waals surface area contributed by atoms with Crippen LogP contribution in [0.2, 0.25) is 0 Å². The van der Waals surface area contributed by atoms with Crippen LogP contribution in [0, 0.1) is 0 Å². The van der Waals surface area contributed by atoms with Gasteiger partial charge >= 0.3 is 11.8 Å². The molecule has 0 saturated carbocycles. The van der Waals surface area contributed by atoms with Crippen molar-refractivity contribution in [1.29, 1.82) is 0 Å². The Balaban J connectivity index is 2.58. The zero-order valence-corrected chi connectivity index (χ0v) is 7.75. The number of rotatable bonds is 0. The fourth-order valence-corrected chi connectivity index (χ4v) is 1.59. The first kappa shape index (κ1) is 9.98. The number of piperidine rings is 1. The fraction of sp³-hybridized carbons (Fsp3) is 0.750. The third kappa shape index (κ3) is 2.18. The lowest BCUT2D eigenvalue weighted by atomic mass is 10.0. The van der Waals surface area contributed by atoms with Gasteiger partial charge in [0.1, 0.15) is 0 Å². The van der Waals surface area contributed by atoms with E-state index < -0.39 is 11.8 Å². The topological polar surface area (TPSA) is 75.4 Å². The third-order valence-corrected chi connectivity index (χ3v) is 2.39. The van der Waals surface area contributed by atoms with Crippen molar-refractivity contribution in [2.45, 2.75) is 32.2 Å². The van der Waals surface area contributed by atoms with Gasteiger partial charge in [0.25, 0.3) is 0 Å². The molecule has 2 amide bonds. The lowest BCUT2D eigenvalue weighted by Gasteiger charge is -2.32. The first-order valence-corrected chi connectivity index (χ1v) is 4.48. The van der Waals surface area contributed by atoms with Gasteiger partial charge in [-0.1, -0.05) is 0 Å². The molecular weight excluding hydrogens is 170 g/mol. The molecule has 1 fully saturated rings. The summed E-state index contributed by atoms with van der Waals surface area (Å²) in [6.45, 7) is 2.61. The molecule has 5 heteroatoms. The van der Waals surface area contributed by atoms with Gasteiger partial charge in [0.05, 0.1) is 0 Å². The average molecular weight is 185 g/mol. The molecular formula is C8H15N3O2. The molecule has 1 atom stereocenters. The molecule has 0 bridgehead atoms. The highest BCUT2D eigenvalue weighted by molar-refractivity contribution is 6.34. The number of carbonyl (C=O) groups is 2. The quantitative estimate of drug-likeness (QED) is 0.228. The first-order valence-electron chi connectivity index (χ1n) is 4.48. The van der Waals surface area contributed by atoms with Gasteiger partial charge in [-0.15, -0.1) is 0 Å². The number of nitrogens with one attached hydrogen (secondary N) is 1. The summed E-state index contributed by atoms with van der Waals surface area (Å²) in [7, 11) is 0. The molecule has 1 aliphatic rings. The van der Waals surface area contributed by atoms with E-state index in [1.165, 1.54) is 0 Å². The normalized spacial score (nSPS) is 22.6. The van der Waals surface area contributed by atoms with Crippen molar-refractivity contribution in [2.75, 3.05) is 6.54 Å². The van der Waals surface area contributed by atoms with Gasteiger partial charge in [0.2, 0.25) is 0 Å². The molecule has 1 saturated heterocycles. The van der Waals surface area contributed by atoms with Gasteiger partial charge < -0.3 is 4.90 Å². The minimum Gasteiger partial charge on any atom is -0.332 e. The molecule has 74 valence electrons. The molecule has 1 unspecified atom stereocenters. The number of hydrogen-bond acceptors (Lipinski definition) is 3. The van der Waals surface area contributed by atoms with Crippen molar-refractivity contribution in [3.05, 3.63) is 0 Å². The second kappa shape index (κ2) is 4.23. The minimum atomic E-state index is -0.728. The van der Waals surface area contributed by atoms with Crippen molar-refractivity contribution in [3.8, 4) is 0 Å². The van der Waals surface area contributed by atoms with E-state index >= 15 is 0 Å². The monoisotopic (exact) mass is 185 g/mol. The van der Waals surface area contributed by atoms with Crippen molar-refractivity contribution in [3.63, 3.8) is 0 Å². The van der Waals surface area contributed by atoms with Crippen LogP contribution in [-0.4, -0.2) is 29.3 Å². The molecule has 0 radical (unpaired) electrons. The Bertz CT molecular complexity index is 217. The largest absolute Gasteiger partial charge is 0.332 e. The summed E-state index contributed by atoms with van der Waals surface area (Å²) in [6.07, 6.45) is 3.05. The van der Waals surface area contributed by atoms with Gasteiger partial charge in [0.15, 0.2) is 0 Å². The lowest BCUT2D eigenvalue weighted by Crippen LogP contribution is -2.50. The highest BCUT2D eigenvalue weighted by atomic mass is 16.2. The Hall–Kier alpha value is -1.10. The zero-order valence-electron chi connectivity index (χ0n) is 7.75. The predicted octanol–water partition coefficient (Wildman–Crippen LogP) is -0.623. The van der Waals surface area contributed by atoms with Crippen LogP contribution >= 0.6 is 0 Å². The average Bonchev–Trinajstić information content (AvgIpc) is 2.16. The van der Waals surface area contributed by atoms with E-state index in [0.717, 1.165) is 19.3 Å². The molecule has 13 heavy (non-hydrogen) atoms. The van der Waals surface area contributed by atoms with E-state index in [9.17, 15) is 9.59 Å². The van der Waals surface area contributed by atoms with Gasteiger partial charge in [-0.05, 0) is 26.2 Å². The second-order valence-electron chi connectivity index (χ2n) is 3.32. The smallest absolute Gasteiger partial charge is 0.323 e. The molecule has 1 heterocycles. The number of likely N-dealkylation sites (tertiary alicyclic amines) is 1. The summed E-state index contributed by atoms with van der Waals surface area (Å²) in [5.74, 6) is 3.63. The van der Waals surface area contributed by atoms with E-state index in [1.807, 2.05) is 12.3 Å². The maximum absolute atomic E-state index is 11.4. The molecule has 0 aromatic heterocycles. The minimum absolute atomic E-state index is 0.151. The van der Waals surface area contributed by atoms with Crippen LogP contribution < -0.4 is 11.3 Å². The lowest BCUT2D eigenvalue weighted by molar-refractivity contribution is -0.148. The molecule has 3 N–H and O–H groups in total. The first-order chi connectivity index (χ1) is 6.16. The third-order valence-electron chi connectivity index (χ3n) is 2.39. The van der Waals surface area contributed by atoms with Crippen LogP contribution in [0.25, 0.3) is 0 Å². The van der Waals surface area contributed by atoms with Crippen LogP contribution in [0.3, 0.4) is 0 Å². The van der Waals surface area contributed by atoms with Gasteiger partial charge in [0, 0.05) is 12.6 Å². The van der Waals surface area contributed by atoms with E-state index in [4.69, 9.17) is 5.84 Å². The maximum atomic E-state index is 11.4. The summed E-state index contributed by atoms with van der Waals surface area (Å²) in [5, 5.41) is 0. The van der Waals surface area contributed by atoms with Crippen molar-refractivity contribution in [2.24, 2.45) is 5.84 Å². The fourth-order valence-electron chi connectivity index (χ4n) is 1.59. The molecule has 0 aromatic carbocycles. The van der Waals surface area contributed by atoms with Crippen molar-refractivity contribution < 1.29 is 9.59 Å². The SMILES string of the molecule is CC1CCCCN1C(=O)C(=O)NN. The Morgan fingerprint density at radius 2 is 2.15 bits per heavy atom. The van der Waals surface area contributed by atoms with Crippen LogP contribution in [0.4, 0.5) is 0 Å². The van der Waals surface area contributed by atoms with Crippen LogP contribution in [-0.2, 0) is 9.59 Å². The second-order valence-corrected chi connectivity index (χ2v) is 3.32. The van der Waals surface area contributed by atoms with Crippen LogP contribution in [0.1, 0.15) is 26.2 Å². The van der Waals surface area contributed by atoms with Crippen LogP contribution in [0.5, 0.6) is 0 Å². The Kier molecular flexibility index (Phi) is 3.25. The number of amides is 2. The van der Waals surface area contributed by atoms with Crippen LogP contribution in [0.15, 0.2) is 0 Å². The van der Waals surface area contributed by atoms with E-state index in [-0.39, 0.29) is 6.04 Å². The molecule has 0 aromatic rings. The Labute approximate surface area is 77.2 Å². The molecule has 5 nitrogen and oxygen atoms in total. The summed E-state index contributed by atoms with van der Waals surface area (Å²) in [4.78, 5) is 23.9. The predicted molar refractivity (Wildman–Crippen MR) is 47.4 cm³/mol. The zero-order chi connectivity index (χ0) is 9.84. The van der Waals surface area contributed by atoms with Gasteiger partial charge in [-0.25, -0.2) is 5.84 Å². The number of hydrogen-bond donors (Lipinski definition) is 2. The van der Waals surface area contributed by atoms with Crippen molar-refractivity contribution >= 4 is 11.8 Å². The number of carbonyl (C=O) groups excluding carboxylic acids is 2. The standard InChI is InChI=1S/C8H15N3O2/c1-6-4-2-3-5-11(6)8(13)7(12)10-9/h6H,2-5,9H2,1H3,(H,10,12). The number of hydrazine groups is 1. The highest BCUT2D eigenvalue weighted by Crippen LogP contribution is 2.15. The Morgan fingerprint density at radius 3 is 2.69 bits per heavy atom. The highest BCUT2D eigenvalue weighted by Gasteiger charge is 2.27. The van der Waals surface area contributed by atoms with E-state index in [1.54, 1.807) is 4.90 Å². The summed E-state index contributed by atoms with van der Waals surface area (Å²) >= 11 is 0. The van der Waals surface area contributed by atoms with E-state index in [2.05, 4.69) is 0 Å². The molecule has 1 aliphatic heterocycles. The van der Waals surface area contributed by atoms with Gasteiger partial charge in [-0.2, -0.15) is 0 Å². The molecule has 0 aliphatic carbocycles. The summed E-state index contributed by atoms with van der Waals surface area (Å²) in [6, 6.07) is 0.151. The van der Waals surface area contributed by atoms with E-state index in [0.29, 0.717) is 6.54 Å².